The summed E-state index contributed by atoms with van der Waals surface area (Å²) >= 11 is 9.66. The van der Waals surface area contributed by atoms with Gasteiger partial charge in [-0.2, -0.15) is 0 Å². The van der Waals surface area contributed by atoms with Crippen LogP contribution in [0.3, 0.4) is 0 Å². The van der Waals surface area contributed by atoms with Gasteiger partial charge in [-0.15, -0.1) is 0 Å². The van der Waals surface area contributed by atoms with E-state index in [4.69, 9.17) is 11.6 Å². The molecule has 0 bridgehead atoms. The topological polar surface area (TPSA) is 55.6 Å². The molecule has 0 amide bonds. The zero-order valence-electron chi connectivity index (χ0n) is 15.1. The summed E-state index contributed by atoms with van der Waals surface area (Å²) in [6.07, 6.45) is 8.97. The van der Waals surface area contributed by atoms with Gasteiger partial charge >= 0.3 is 0 Å². The zero-order valence-corrected chi connectivity index (χ0v) is 17.5. The molecule has 1 aliphatic rings. The minimum atomic E-state index is 0.464. The predicted octanol–water partition coefficient (Wildman–Crippen LogP) is 5.85. The van der Waals surface area contributed by atoms with Crippen LogP contribution in [0.15, 0.2) is 53.5 Å². The highest BCUT2D eigenvalue weighted by Crippen LogP contribution is 2.37. The molecule has 28 heavy (non-hydrogen) atoms. The second-order valence-electron chi connectivity index (χ2n) is 7.40. The van der Waals surface area contributed by atoms with E-state index < -0.39 is 0 Å². The van der Waals surface area contributed by atoms with Crippen LogP contribution in [0.4, 0.5) is 5.69 Å². The SMILES string of the molecule is Clc1ncnc2c1ccn2[C@H]1CC[C@@H](CNc2ccc3cc(Br)cnc3c2)C1. The van der Waals surface area contributed by atoms with Gasteiger partial charge in [0.25, 0.3) is 0 Å². The number of nitrogens with zero attached hydrogens (tertiary/aromatic N) is 4. The van der Waals surface area contributed by atoms with Crippen LogP contribution in [0.25, 0.3) is 21.9 Å². The maximum absolute atomic E-state index is 6.19. The van der Waals surface area contributed by atoms with E-state index in [1.165, 1.54) is 6.42 Å². The number of aromatic nitrogens is 4. The van der Waals surface area contributed by atoms with Crippen LogP contribution < -0.4 is 5.32 Å². The molecule has 0 unspecified atom stereocenters. The van der Waals surface area contributed by atoms with Crippen LogP contribution in [0.1, 0.15) is 25.3 Å². The summed E-state index contributed by atoms with van der Waals surface area (Å²) in [7, 11) is 0. The van der Waals surface area contributed by atoms with Crippen molar-refractivity contribution in [3.63, 3.8) is 0 Å². The van der Waals surface area contributed by atoms with E-state index in [-0.39, 0.29) is 0 Å². The lowest BCUT2D eigenvalue weighted by molar-refractivity contribution is 0.496. The number of hydrogen-bond acceptors (Lipinski definition) is 4. The van der Waals surface area contributed by atoms with Gasteiger partial charge in [0.05, 0.1) is 10.9 Å². The first-order valence-corrected chi connectivity index (χ1v) is 10.6. The van der Waals surface area contributed by atoms with E-state index in [9.17, 15) is 0 Å². The Labute approximate surface area is 176 Å². The monoisotopic (exact) mass is 455 g/mol. The van der Waals surface area contributed by atoms with Crippen molar-refractivity contribution in [2.24, 2.45) is 5.92 Å². The first-order valence-electron chi connectivity index (χ1n) is 9.43. The summed E-state index contributed by atoms with van der Waals surface area (Å²) in [4.78, 5) is 13.0. The fourth-order valence-electron chi connectivity index (χ4n) is 4.19. The third kappa shape index (κ3) is 3.35. The maximum atomic E-state index is 6.19. The van der Waals surface area contributed by atoms with Crippen LogP contribution in [0, 0.1) is 5.92 Å². The summed E-state index contributed by atoms with van der Waals surface area (Å²) in [6, 6.07) is 10.9. The zero-order chi connectivity index (χ0) is 19.1. The number of halogens is 2. The van der Waals surface area contributed by atoms with Crippen LogP contribution in [-0.4, -0.2) is 26.1 Å². The summed E-state index contributed by atoms with van der Waals surface area (Å²) in [5.41, 5.74) is 3.06. The molecule has 4 aromatic rings. The largest absolute Gasteiger partial charge is 0.385 e. The minimum Gasteiger partial charge on any atom is -0.385 e. The highest BCUT2D eigenvalue weighted by molar-refractivity contribution is 9.10. The number of nitrogens with one attached hydrogen (secondary N) is 1. The van der Waals surface area contributed by atoms with E-state index >= 15 is 0 Å². The number of anilines is 1. The van der Waals surface area contributed by atoms with E-state index in [2.05, 4.69) is 71.2 Å². The number of rotatable bonds is 4. The lowest BCUT2D eigenvalue weighted by Crippen LogP contribution is -2.12. The van der Waals surface area contributed by atoms with E-state index in [1.54, 1.807) is 6.33 Å². The molecule has 142 valence electrons. The molecule has 0 radical (unpaired) electrons. The summed E-state index contributed by atoms with van der Waals surface area (Å²) in [5.74, 6) is 0.633. The standard InChI is InChI=1S/C21H19BrClN5/c22-15-8-14-2-3-16(9-19(14)25-11-15)24-10-13-1-4-17(7-13)28-6-5-18-20(23)26-12-27-21(18)28/h2-3,5-6,8-9,11-13,17,24H,1,4,7,10H2/t13-,17+/m1/s1. The third-order valence-corrected chi connectivity index (χ3v) is 6.35. The molecule has 7 heteroatoms. The second kappa shape index (κ2) is 7.33. The predicted molar refractivity (Wildman–Crippen MR) is 117 cm³/mol. The van der Waals surface area contributed by atoms with E-state index in [0.717, 1.165) is 51.5 Å². The van der Waals surface area contributed by atoms with Gasteiger partial charge in [-0.1, -0.05) is 17.7 Å². The first-order chi connectivity index (χ1) is 13.7. The number of benzene rings is 1. The van der Waals surface area contributed by atoms with Crippen molar-refractivity contribution in [1.82, 2.24) is 19.5 Å². The molecule has 1 aromatic carbocycles. The molecule has 3 heterocycles. The molecule has 0 spiro atoms. The van der Waals surface area contributed by atoms with Crippen molar-refractivity contribution >= 4 is 55.2 Å². The van der Waals surface area contributed by atoms with Gasteiger partial charge in [0.2, 0.25) is 0 Å². The molecular formula is C21H19BrClN5. The average Bonchev–Trinajstić information content (AvgIpc) is 3.33. The molecule has 5 nitrogen and oxygen atoms in total. The van der Waals surface area contributed by atoms with Crippen molar-refractivity contribution in [2.75, 3.05) is 11.9 Å². The first kappa shape index (κ1) is 17.9. The Morgan fingerprint density at radius 2 is 2.07 bits per heavy atom. The molecule has 1 N–H and O–H groups in total. The fraction of sp³-hybridized carbons (Fsp3) is 0.286. The van der Waals surface area contributed by atoms with Gasteiger partial charge in [0, 0.05) is 40.5 Å². The normalized spacial score (nSPS) is 19.5. The smallest absolute Gasteiger partial charge is 0.145 e. The van der Waals surface area contributed by atoms with Crippen LogP contribution in [0.5, 0.6) is 0 Å². The molecular weight excluding hydrogens is 438 g/mol. The number of hydrogen-bond donors (Lipinski definition) is 1. The Morgan fingerprint density at radius 1 is 1.14 bits per heavy atom. The Morgan fingerprint density at radius 3 is 3.00 bits per heavy atom. The van der Waals surface area contributed by atoms with Crippen molar-refractivity contribution < 1.29 is 0 Å². The molecule has 3 aromatic heterocycles. The Hall–Kier alpha value is -2.18. The summed E-state index contributed by atoms with van der Waals surface area (Å²) in [6.45, 7) is 0.966. The number of pyridine rings is 1. The van der Waals surface area contributed by atoms with Gasteiger partial charge in [-0.25, -0.2) is 9.97 Å². The molecule has 0 aliphatic heterocycles. The summed E-state index contributed by atoms with van der Waals surface area (Å²) in [5, 5.41) is 6.19. The number of fused-ring (bicyclic) bond motifs is 2. The summed E-state index contributed by atoms with van der Waals surface area (Å²) < 4.78 is 3.27. The Bertz CT molecular complexity index is 1160. The van der Waals surface area contributed by atoms with Gasteiger partial charge in [-0.05, 0) is 65.4 Å². The minimum absolute atomic E-state index is 0.464. The van der Waals surface area contributed by atoms with Gasteiger partial charge in [-0.3, -0.25) is 4.98 Å². The van der Waals surface area contributed by atoms with Gasteiger partial charge in [0.15, 0.2) is 0 Å². The fourth-order valence-corrected chi connectivity index (χ4v) is 4.73. The average molecular weight is 457 g/mol. The van der Waals surface area contributed by atoms with Crippen molar-refractivity contribution in [3.8, 4) is 0 Å². The van der Waals surface area contributed by atoms with Crippen LogP contribution in [0.2, 0.25) is 5.15 Å². The van der Waals surface area contributed by atoms with Crippen molar-refractivity contribution in [2.45, 2.75) is 25.3 Å². The molecule has 1 saturated carbocycles. The van der Waals surface area contributed by atoms with Gasteiger partial charge < -0.3 is 9.88 Å². The molecule has 2 atom stereocenters. The lowest BCUT2D eigenvalue weighted by Gasteiger charge is -2.15. The Kier molecular flexibility index (Phi) is 4.69. The molecule has 0 saturated heterocycles. The van der Waals surface area contributed by atoms with Crippen LogP contribution in [-0.2, 0) is 0 Å². The quantitative estimate of drug-likeness (QED) is 0.391. The maximum Gasteiger partial charge on any atom is 0.145 e. The van der Waals surface area contributed by atoms with Crippen molar-refractivity contribution in [3.05, 3.63) is 58.7 Å². The highest BCUT2D eigenvalue weighted by atomic mass is 79.9. The molecule has 5 rings (SSSR count). The third-order valence-electron chi connectivity index (χ3n) is 5.61. The molecule has 1 fully saturated rings. The van der Waals surface area contributed by atoms with E-state index in [1.807, 2.05) is 12.3 Å². The van der Waals surface area contributed by atoms with Crippen LogP contribution >= 0.6 is 27.5 Å². The van der Waals surface area contributed by atoms with Crippen molar-refractivity contribution in [1.29, 1.82) is 0 Å². The van der Waals surface area contributed by atoms with Gasteiger partial charge in [0.1, 0.15) is 17.1 Å². The molecule has 1 aliphatic carbocycles. The Balaban J connectivity index is 1.26. The second-order valence-corrected chi connectivity index (χ2v) is 8.67. The lowest BCUT2D eigenvalue weighted by atomic mass is 10.1. The highest BCUT2D eigenvalue weighted by Gasteiger charge is 2.27. The van der Waals surface area contributed by atoms with E-state index in [0.29, 0.717) is 17.1 Å².